The third-order valence-electron chi connectivity index (χ3n) is 3.95. The summed E-state index contributed by atoms with van der Waals surface area (Å²) in [7, 11) is -1.15. The molecule has 0 aromatic heterocycles. The van der Waals surface area contributed by atoms with E-state index in [1.165, 1.54) is 50.6 Å². The molecule has 2 rings (SSSR count). The van der Waals surface area contributed by atoms with E-state index in [4.69, 9.17) is 4.74 Å². The lowest BCUT2D eigenvalue weighted by Crippen LogP contribution is -2.21. The topological polar surface area (TPSA) is 84.5 Å². The second kappa shape index (κ2) is 10.1. The number of benzene rings is 2. The first-order valence-corrected chi connectivity index (χ1v) is 10.3. The number of nitrogens with one attached hydrogen (secondary N) is 2. The summed E-state index contributed by atoms with van der Waals surface area (Å²) in [6, 6.07) is 8.95. The summed E-state index contributed by atoms with van der Waals surface area (Å²) in [5.41, 5.74) is -0.179. The third-order valence-corrected chi connectivity index (χ3v) is 5.38. The van der Waals surface area contributed by atoms with E-state index in [1.54, 1.807) is 6.07 Å². The fourth-order valence-corrected chi connectivity index (χ4v) is 3.33. The maximum absolute atomic E-state index is 12.7. The maximum Gasteiger partial charge on any atom is 0.416 e. The summed E-state index contributed by atoms with van der Waals surface area (Å²) >= 11 is 0. The summed E-state index contributed by atoms with van der Waals surface area (Å²) in [5, 5.41) is 2.47. The highest BCUT2D eigenvalue weighted by molar-refractivity contribution is 7.89. The van der Waals surface area contributed by atoms with Crippen molar-refractivity contribution in [3.63, 3.8) is 0 Å². The lowest BCUT2D eigenvalue weighted by molar-refractivity contribution is -0.137. The van der Waals surface area contributed by atoms with Gasteiger partial charge in [-0.3, -0.25) is 4.79 Å². The van der Waals surface area contributed by atoms with Crippen molar-refractivity contribution in [3.8, 4) is 17.6 Å². The van der Waals surface area contributed by atoms with Crippen LogP contribution in [-0.2, 0) is 21.0 Å². The van der Waals surface area contributed by atoms with Crippen LogP contribution in [0.25, 0.3) is 6.08 Å². The van der Waals surface area contributed by atoms with Crippen LogP contribution in [0.15, 0.2) is 53.4 Å². The largest absolute Gasteiger partial charge is 0.495 e. The van der Waals surface area contributed by atoms with Crippen molar-refractivity contribution in [3.05, 3.63) is 65.2 Å². The minimum absolute atomic E-state index is 0.0768. The van der Waals surface area contributed by atoms with Crippen LogP contribution in [0.2, 0.25) is 0 Å². The number of carbonyl (C=O) groups excluding carboxylic acids is 1. The highest BCUT2D eigenvalue weighted by Crippen LogP contribution is 2.29. The lowest BCUT2D eigenvalue weighted by Gasteiger charge is -2.09. The van der Waals surface area contributed by atoms with E-state index >= 15 is 0 Å². The molecule has 1 amide bonds. The molecule has 6 nitrogen and oxygen atoms in total. The zero-order valence-corrected chi connectivity index (χ0v) is 17.4. The minimum atomic E-state index is -4.45. The zero-order valence-electron chi connectivity index (χ0n) is 16.6. The number of rotatable bonds is 6. The Morgan fingerprint density at radius 1 is 1.19 bits per heavy atom. The van der Waals surface area contributed by atoms with Gasteiger partial charge in [-0.05, 0) is 49.0 Å². The molecule has 2 aromatic rings. The van der Waals surface area contributed by atoms with E-state index < -0.39 is 27.7 Å². The second-order valence-electron chi connectivity index (χ2n) is 6.05. The van der Waals surface area contributed by atoms with E-state index in [2.05, 4.69) is 21.9 Å². The van der Waals surface area contributed by atoms with Crippen LogP contribution in [0.5, 0.6) is 5.75 Å². The van der Waals surface area contributed by atoms with Crippen LogP contribution >= 0.6 is 0 Å². The second-order valence-corrected chi connectivity index (χ2v) is 7.90. The van der Waals surface area contributed by atoms with Crippen LogP contribution in [0.3, 0.4) is 0 Å². The smallest absolute Gasteiger partial charge is 0.416 e. The molecule has 0 saturated carbocycles. The number of methoxy groups -OCH3 is 1. The standard InChI is InChI=1S/C21H19F3N2O4S/c1-25-31(28,29)19-14-16(8-10-18(19)30-2)9-11-20(27)26-12-4-6-15-5-3-7-17(13-15)21(22,23)24/h3,5,7-11,13-14,25H,12H2,1-2H3,(H,26,27)/b11-9+. The van der Waals surface area contributed by atoms with Crippen molar-refractivity contribution in [2.75, 3.05) is 20.7 Å². The third kappa shape index (κ3) is 6.87. The van der Waals surface area contributed by atoms with Crippen molar-refractivity contribution in [2.45, 2.75) is 11.1 Å². The molecule has 0 atom stereocenters. The van der Waals surface area contributed by atoms with Gasteiger partial charge in [0, 0.05) is 11.6 Å². The van der Waals surface area contributed by atoms with Gasteiger partial charge in [-0.15, -0.1) is 0 Å². The molecule has 0 aliphatic rings. The van der Waals surface area contributed by atoms with Gasteiger partial charge in [0.2, 0.25) is 15.9 Å². The number of alkyl halides is 3. The van der Waals surface area contributed by atoms with Crippen molar-refractivity contribution in [1.82, 2.24) is 10.0 Å². The zero-order chi connectivity index (χ0) is 23.1. The van der Waals surface area contributed by atoms with Crippen LogP contribution in [0.1, 0.15) is 16.7 Å². The van der Waals surface area contributed by atoms with Gasteiger partial charge in [-0.1, -0.05) is 24.0 Å². The fourth-order valence-electron chi connectivity index (χ4n) is 2.40. The molecule has 2 aromatic carbocycles. The van der Waals surface area contributed by atoms with Crippen LogP contribution in [0, 0.1) is 11.8 Å². The lowest BCUT2D eigenvalue weighted by atomic mass is 10.1. The molecule has 10 heteroatoms. The number of hydrogen-bond donors (Lipinski definition) is 2. The predicted octanol–water partition coefficient (Wildman–Crippen LogP) is 2.80. The van der Waals surface area contributed by atoms with E-state index in [9.17, 15) is 26.4 Å². The Morgan fingerprint density at radius 2 is 1.94 bits per heavy atom. The summed E-state index contributed by atoms with van der Waals surface area (Å²) in [4.78, 5) is 11.8. The Hall–Kier alpha value is -3.29. The number of hydrogen-bond acceptors (Lipinski definition) is 4. The summed E-state index contributed by atoms with van der Waals surface area (Å²) in [6.07, 6.45) is -1.86. The first-order valence-electron chi connectivity index (χ1n) is 8.80. The average Bonchev–Trinajstić information content (AvgIpc) is 2.74. The van der Waals surface area contributed by atoms with Crippen molar-refractivity contribution in [2.24, 2.45) is 0 Å². The molecule has 2 N–H and O–H groups in total. The molecule has 31 heavy (non-hydrogen) atoms. The highest BCUT2D eigenvalue weighted by Gasteiger charge is 2.30. The van der Waals surface area contributed by atoms with Crippen LogP contribution in [-0.4, -0.2) is 35.0 Å². The average molecular weight is 452 g/mol. The normalized spacial score (nSPS) is 11.6. The summed E-state index contributed by atoms with van der Waals surface area (Å²) in [6.45, 7) is -0.0819. The summed E-state index contributed by atoms with van der Waals surface area (Å²) < 4.78 is 69.4. The molecule has 0 aliphatic carbocycles. The van der Waals surface area contributed by atoms with Crippen LogP contribution in [0.4, 0.5) is 13.2 Å². The van der Waals surface area contributed by atoms with E-state index in [-0.39, 0.29) is 22.8 Å². The SMILES string of the molecule is CNS(=O)(=O)c1cc(/C=C/C(=O)NCC#Cc2cccc(C(F)(F)F)c2)ccc1OC. The highest BCUT2D eigenvalue weighted by atomic mass is 32.2. The minimum Gasteiger partial charge on any atom is -0.495 e. The quantitative estimate of drug-likeness (QED) is 0.522. The molecule has 0 spiro atoms. The first kappa shape index (κ1) is 24.0. The number of carbonyl (C=O) groups is 1. The van der Waals surface area contributed by atoms with Gasteiger partial charge < -0.3 is 10.1 Å². The van der Waals surface area contributed by atoms with Gasteiger partial charge in [-0.2, -0.15) is 13.2 Å². The van der Waals surface area contributed by atoms with Gasteiger partial charge in [0.25, 0.3) is 0 Å². The van der Waals surface area contributed by atoms with Gasteiger partial charge in [0.15, 0.2) is 0 Å². The summed E-state index contributed by atoms with van der Waals surface area (Å²) in [5.74, 6) is 4.77. The Labute approximate surface area is 178 Å². The van der Waals surface area contributed by atoms with Gasteiger partial charge in [-0.25, -0.2) is 13.1 Å². The first-order chi connectivity index (χ1) is 14.6. The number of amides is 1. The van der Waals surface area contributed by atoms with E-state index in [0.29, 0.717) is 5.56 Å². The Bertz CT molecular complexity index is 1150. The Morgan fingerprint density at radius 3 is 2.58 bits per heavy atom. The Balaban J connectivity index is 2.02. The maximum atomic E-state index is 12.7. The molecule has 0 aliphatic heterocycles. The van der Waals surface area contributed by atoms with Crippen molar-refractivity contribution >= 4 is 22.0 Å². The van der Waals surface area contributed by atoms with Gasteiger partial charge in [0.05, 0.1) is 19.2 Å². The molecule has 0 bridgehead atoms. The number of halogens is 3. The number of sulfonamides is 1. The predicted molar refractivity (Wildman–Crippen MR) is 110 cm³/mol. The number of ether oxygens (including phenoxy) is 1. The molecular weight excluding hydrogens is 433 g/mol. The molecular formula is C21H19F3N2O4S. The Kier molecular flexibility index (Phi) is 7.85. The van der Waals surface area contributed by atoms with Crippen molar-refractivity contribution in [1.29, 1.82) is 0 Å². The molecule has 0 radical (unpaired) electrons. The van der Waals surface area contributed by atoms with E-state index in [0.717, 1.165) is 12.1 Å². The van der Waals surface area contributed by atoms with Crippen molar-refractivity contribution < 1.29 is 31.1 Å². The molecule has 0 unspecified atom stereocenters. The van der Waals surface area contributed by atoms with Gasteiger partial charge in [0.1, 0.15) is 10.6 Å². The molecule has 0 fully saturated rings. The monoisotopic (exact) mass is 452 g/mol. The van der Waals surface area contributed by atoms with E-state index in [1.807, 2.05) is 0 Å². The van der Waals surface area contributed by atoms with Crippen LogP contribution < -0.4 is 14.8 Å². The van der Waals surface area contributed by atoms with Gasteiger partial charge >= 0.3 is 6.18 Å². The molecule has 0 heterocycles. The molecule has 0 saturated heterocycles. The molecule has 164 valence electrons. The fraction of sp³-hybridized carbons (Fsp3) is 0.190.